The lowest BCUT2D eigenvalue weighted by Gasteiger charge is -2.22. The number of benzene rings is 1. The summed E-state index contributed by atoms with van der Waals surface area (Å²) in [6.07, 6.45) is 3.66. The molecule has 1 aromatic carbocycles. The van der Waals surface area contributed by atoms with Crippen LogP contribution in [-0.4, -0.2) is 26.9 Å². The first kappa shape index (κ1) is 20.9. The summed E-state index contributed by atoms with van der Waals surface area (Å²) < 4.78 is 27.9. The molecule has 1 aliphatic heterocycles. The van der Waals surface area contributed by atoms with Crippen LogP contribution in [0.15, 0.2) is 48.8 Å². The van der Waals surface area contributed by atoms with Crippen LogP contribution >= 0.6 is 0 Å². The van der Waals surface area contributed by atoms with Gasteiger partial charge in [-0.25, -0.2) is 14.4 Å². The molecule has 4 heterocycles. The van der Waals surface area contributed by atoms with Crippen molar-refractivity contribution in [1.82, 2.24) is 19.7 Å². The second kappa shape index (κ2) is 8.20. The number of aryl methyl sites for hydroxylation is 1. The number of hydrogen-bond acceptors (Lipinski definition) is 6. The maximum absolute atomic E-state index is 14.3. The third-order valence-corrected chi connectivity index (χ3v) is 5.92. The van der Waals surface area contributed by atoms with Gasteiger partial charge in [0.15, 0.2) is 11.6 Å². The smallest absolute Gasteiger partial charge is 0.213 e. The van der Waals surface area contributed by atoms with Crippen molar-refractivity contribution in [3.63, 3.8) is 0 Å². The van der Waals surface area contributed by atoms with E-state index < -0.39 is 6.10 Å². The Hall–Kier alpha value is -3.94. The Kier molecular flexibility index (Phi) is 5.20. The summed E-state index contributed by atoms with van der Waals surface area (Å²) in [7, 11) is 1.58. The summed E-state index contributed by atoms with van der Waals surface area (Å²) in [5.74, 6) is 0.828. The van der Waals surface area contributed by atoms with Gasteiger partial charge in [-0.3, -0.25) is 4.68 Å². The van der Waals surface area contributed by atoms with E-state index in [0.717, 1.165) is 27.9 Å². The number of rotatable bonds is 2. The van der Waals surface area contributed by atoms with Gasteiger partial charge in [0.25, 0.3) is 0 Å². The van der Waals surface area contributed by atoms with Crippen molar-refractivity contribution >= 4 is 5.82 Å². The Balaban J connectivity index is 1.82. The number of aromatic nitrogens is 4. The largest absolute Gasteiger partial charge is 0.482 e. The van der Waals surface area contributed by atoms with E-state index >= 15 is 0 Å². The molecule has 5 rings (SSSR count). The number of nitrogens with two attached hydrogens (primary N) is 1. The minimum absolute atomic E-state index is 0.268. The third-order valence-electron chi connectivity index (χ3n) is 5.92. The molecule has 4 aromatic rings. The molecule has 33 heavy (non-hydrogen) atoms. The van der Waals surface area contributed by atoms with E-state index in [2.05, 4.69) is 10.1 Å². The molecule has 7 nitrogen and oxygen atoms in total. The zero-order valence-corrected chi connectivity index (χ0v) is 18.7. The Morgan fingerprint density at radius 1 is 1.18 bits per heavy atom. The number of nitrogen functional groups attached to an aromatic ring is 1. The number of methoxy groups -OCH3 is 1. The second-order valence-electron chi connectivity index (χ2n) is 7.97. The molecule has 1 atom stereocenters. The molecule has 0 amide bonds. The summed E-state index contributed by atoms with van der Waals surface area (Å²) in [6, 6.07) is 10.3. The van der Waals surface area contributed by atoms with Crippen LogP contribution in [0.1, 0.15) is 36.6 Å². The van der Waals surface area contributed by atoms with Crippen LogP contribution in [0.3, 0.4) is 0 Å². The molecular formula is C25H24FN5O2. The second-order valence-corrected chi connectivity index (χ2v) is 7.97. The summed E-state index contributed by atoms with van der Waals surface area (Å²) in [4.78, 5) is 9.11. The van der Waals surface area contributed by atoms with Crippen LogP contribution in [0, 0.1) is 5.82 Å². The Morgan fingerprint density at radius 2 is 2.03 bits per heavy atom. The van der Waals surface area contributed by atoms with Crippen LogP contribution in [-0.2, 0) is 13.0 Å². The lowest BCUT2D eigenvalue weighted by Crippen LogP contribution is -2.10. The number of ether oxygens (including phenoxy) is 2. The molecule has 0 spiro atoms. The zero-order chi connectivity index (χ0) is 23.1. The first-order chi connectivity index (χ1) is 16.0. The number of pyridine rings is 2. The molecular weight excluding hydrogens is 421 g/mol. The summed E-state index contributed by atoms with van der Waals surface area (Å²) in [5, 5.41) is 4.58. The van der Waals surface area contributed by atoms with Gasteiger partial charge in [-0.15, -0.1) is 0 Å². The van der Waals surface area contributed by atoms with Gasteiger partial charge in [-0.1, -0.05) is 6.07 Å². The quantitative estimate of drug-likeness (QED) is 0.477. The fourth-order valence-corrected chi connectivity index (χ4v) is 4.31. The summed E-state index contributed by atoms with van der Waals surface area (Å²) in [5.41, 5.74) is 12.1. The van der Waals surface area contributed by atoms with Gasteiger partial charge in [0.05, 0.1) is 24.7 Å². The number of anilines is 1. The van der Waals surface area contributed by atoms with E-state index in [1.165, 1.54) is 12.1 Å². The minimum Gasteiger partial charge on any atom is -0.482 e. The molecule has 1 aliphatic rings. The highest BCUT2D eigenvalue weighted by molar-refractivity contribution is 5.72. The van der Waals surface area contributed by atoms with Crippen molar-refractivity contribution in [3.05, 3.63) is 71.3 Å². The van der Waals surface area contributed by atoms with E-state index in [1.54, 1.807) is 19.4 Å². The molecule has 0 saturated heterocycles. The Bertz CT molecular complexity index is 1350. The van der Waals surface area contributed by atoms with Gasteiger partial charge in [-0.2, -0.15) is 5.10 Å². The molecule has 3 aromatic heterocycles. The SMILES string of the molecule is CCn1ncc2c1-c1cnc(N)c(c1)O[C@H](C)c1cc(F)ccc1-c1nc(OC)ccc1C2. The van der Waals surface area contributed by atoms with E-state index in [9.17, 15) is 4.39 Å². The predicted molar refractivity (Wildman–Crippen MR) is 124 cm³/mol. The van der Waals surface area contributed by atoms with Crippen molar-refractivity contribution in [1.29, 1.82) is 0 Å². The van der Waals surface area contributed by atoms with Crippen LogP contribution in [0.25, 0.3) is 22.5 Å². The highest BCUT2D eigenvalue weighted by atomic mass is 19.1. The predicted octanol–water partition coefficient (Wildman–Crippen LogP) is 4.80. The van der Waals surface area contributed by atoms with E-state index in [0.29, 0.717) is 35.9 Å². The molecule has 2 bridgehead atoms. The minimum atomic E-state index is -0.508. The van der Waals surface area contributed by atoms with Crippen LogP contribution in [0.2, 0.25) is 0 Å². The third kappa shape index (κ3) is 3.67. The molecule has 0 saturated carbocycles. The normalized spacial score (nSPS) is 14.7. The van der Waals surface area contributed by atoms with Crippen LogP contribution in [0.4, 0.5) is 10.2 Å². The summed E-state index contributed by atoms with van der Waals surface area (Å²) >= 11 is 0. The molecule has 0 aliphatic carbocycles. The molecule has 0 unspecified atom stereocenters. The number of hydrogen-bond donors (Lipinski definition) is 1. The maximum atomic E-state index is 14.3. The molecule has 0 radical (unpaired) electrons. The van der Waals surface area contributed by atoms with Gasteiger partial charge in [0, 0.05) is 47.5 Å². The lowest BCUT2D eigenvalue weighted by molar-refractivity contribution is 0.227. The van der Waals surface area contributed by atoms with Gasteiger partial charge in [-0.05, 0) is 43.7 Å². The molecule has 168 valence electrons. The topological polar surface area (TPSA) is 88.1 Å². The maximum Gasteiger partial charge on any atom is 0.213 e. The van der Waals surface area contributed by atoms with Crippen molar-refractivity contribution in [2.45, 2.75) is 32.9 Å². The number of halogens is 1. The van der Waals surface area contributed by atoms with Gasteiger partial charge in [0.1, 0.15) is 11.9 Å². The molecule has 8 heteroatoms. The lowest BCUT2D eigenvalue weighted by atomic mass is 9.93. The molecule has 2 N–H and O–H groups in total. The van der Waals surface area contributed by atoms with Crippen molar-refractivity contribution in [3.8, 4) is 34.1 Å². The van der Waals surface area contributed by atoms with E-state index in [1.807, 2.05) is 42.9 Å². The van der Waals surface area contributed by atoms with Crippen LogP contribution in [0.5, 0.6) is 11.6 Å². The van der Waals surface area contributed by atoms with Gasteiger partial charge >= 0.3 is 0 Å². The highest BCUT2D eigenvalue weighted by Crippen LogP contribution is 2.38. The van der Waals surface area contributed by atoms with E-state index in [4.69, 9.17) is 20.2 Å². The zero-order valence-electron chi connectivity index (χ0n) is 18.7. The monoisotopic (exact) mass is 445 g/mol. The highest BCUT2D eigenvalue weighted by Gasteiger charge is 2.23. The fourth-order valence-electron chi connectivity index (χ4n) is 4.31. The number of fused-ring (bicyclic) bond motifs is 7. The van der Waals surface area contributed by atoms with Crippen LogP contribution < -0.4 is 15.2 Å². The fraction of sp³-hybridized carbons (Fsp3) is 0.240. The Morgan fingerprint density at radius 3 is 2.82 bits per heavy atom. The van der Waals surface area contributed by atoms with Gasteiger partial charge < -0.3 is 15.2 Å². The van der Waals surface area contributed by atoms with Crippen molar-refractivity contribution < 1.29 is 13.9 Å². The Labute approximate surface area is 191 Å². The summed E-state index contributed by atoms with van der Waals surface area (Å²) in [6.45, 7) is 4.60. The first-order valence-corrected chi connectivity index (χ1v) is 10.8. The van der Waals surface area contributed by atoms with Gasteiger partial charge in [0.2, 0.25) is 5.88 Å². The molecule has 0 fully saturated rings. The standard InChI is InChI=1S/C25H24FN5O2/c1-4-31-24-16(13-29-31)9-15-5-8-22(32-3)30-23(15)19-7-6-18(26)11-20(19)14(2)33-21-10-17(24)12-28-25(21)27/h5-8,10-14H,4,9H2,1-3H3,(H2,27,28)/t14-/m1/s1. The number of nitrogens with zero attached hydrogens (tertiary/aromatic N) is 4. The first-order valence-electron chi connectivity index (χ1n) is 10.8. The van der Waals surface area contributed by atoms with Crippen molar-refractivity contribution in [2.75, 3.05) is 12.8 Å². The van der Waals surface area contributed by atoms with Crippen molar-refractivity contribution in [2.24, 2.45) is 0 Å². The average molecular weight is 445 g/mol. The van der Waals surface area contributed by atoms with E-state index in [-0.39, 0.29) is 11.6 Å². The average Bonchev–Trinajstić information content (AvgIpc) is 3.22.